The van der Waals surface area contributed by atoms with Crippen LogP contribution in [0.1, 0.15) is 34.3 Å². The summed E-state index contributed by atoms with van der Waals surface area (Å²) in [6.45, 7) is 5.19. The second-order valence-corrected chi connectivity index (χ2v) is 5.51. The van der Waals surface area contributed by atoms with Gasteiger partial charge in [-0.2, -0.15) is 5.10 Å². The molecule has 0 radical (unpaired) electrons. The summed E-state index contributed by atoms with van der Waals surface area (Å²) in [5.74, 6) is 0.943. The Labute approximate surface area is 116 Å². The molecule has 20 heavy (non-hydrogen) atoms. The van der Waals surface area contributed by atoms with E-state index in [-0.39, 0.29) is 6.04 Å². The van der Waals surface area contributed by atoms with E-state index in [2.05, 4.69) is 46.5 Å². The molecule has 3 aromatic rings. The van der Waals surface area contributed by atoms with Crippen LogP contribution in [-0.4, -0.2) is 26.7 Å². The third kappa shape index (κ3) is 1.67. The van der Waals surface area contributed by atoms with E-state index in [9.17, 15) is 0 Å². The fourth-order valence-electron chi connectivity index (χ4n) is 2.88. The Morgan fingerprint density at radius 2 is 2.05 bits per heavy atom. The summed E-state index contributed by atoms with van der Waals surface area (Å²) in [5, 5.41) is 10.8. The number of hydrogen-bond acceptors (Lipinski definition) is 3. The molecular formula is C15H17N5. The minimum absolute atomic E-state index is 0.0537. The number of imidazole rings is 1. The van der Waals surface area contributed by atoms with Crippen LogP contribution in [0.2, 0.25) is 0 Å². The number of benzene rings is 1. The minimum atomic E-state index is 0.0537. The normalized spacial score (nSPS) is 18.4. The van der Waals surface area contributed by atoms with E-state index in [1.165, 1.54) is 16.7 Å². The molecule has 0 amide bonds. The maximum atomic E-state index is 4.74. The second-order valence-electron chi connectivity index (χ2n) is 5.51. The molecule has 5 nitrogen and oxygen atoms in total. The fourth-order valence-corrected chi connectivity index (χ4v) is 2.88. The zero-order valence-corrected chi connectivity index (χ0v) is 11.6. The third-order valence-electron chi connectivity index (χ3n) is 4.16. The summed E-state index contributed by atoms with van der Waals surface area (Å²) in [7, 11) is 0. The Hall–Kier alpha value is -2.14. The first kappa shape index (κ1) is 11.7. The third-order valence-corrected chi connectivity index (χ3v) is 4.16. The summed E-state index contributed by atoms with van der Waals surface area (Å²) in [4.78, 5) is 8.18. The van der Waals surface area contributed by atoms with Crippen molar-refractivity contribution in [1.82, 2.24) is 25.5 Å². The number of aryl methyl sites for hydroxylation is 2. The van der Waals surface area contributed by atoms with Crippen molar-refractivity contribution >= 4 is 11.0 Å². The predicted molar refractivity (Wildman–Crippen MR) is 77.7 cm³/mol. The van der Waals surface area contributed by atoms with Gasteiger partial charge in [-0.15, -0.1) is 0 Å². The molecular weight excluding hydrogens is 250 g/mol. The highest BCUT2D eigenvalue weighted by Gasteiger charge is 2.26. The van der Waals surface area contributed by atoms with Gasteiger partial charge in [-0.05, 0) is 49.1 Å². The van der Waals surface area contributed by atoms with Crippen molar-refractivity contribution in [1.29, 1.82) is 0 Å². The Kier molecular flexibility index (Phi) is 2.44. The topological polar surface area (TPSA) is 69.4 Å². The van der Waals surface area contributed by atoms with Gasteiger partial charge in [0.2, 0.25) is 0 Å². The predicted octanol–water partition coefficient (Wildman–Crippen LogP) is 2.14. The van der Waals surface area contributed by atoms with Crippen LogP contribution in [-0.2, 0) is 6.42 Å². The number of fused-ring (bicyclic) bond motifs is 2. The monoisotopic (exact) mass is 267 g/mol. The van der Waals surface area contributed by atoms with Crippen LogP contribution in [0.5, 0.6) is 0 Å². The lowest BCUT2D eigenvalue weighted by atomic mass is 10.0. The minimum Gasteiger partial charge on any atom is -0.340 e. The Bertz CT molecular complexity index is 744. The van der Waals surface area contributed by atoms with Crippen molar-refractivity contribution in [2.24, 2.45) is 0 Å². The second kappa shape index (κ2) is 4.18. The average molecular weight is 267 g/mol. The molecule has 1 unspecified atom stereocenters. The molecule has 1 atom stereocenters. The van der Waals surface area contributed by atoms with Gasteiger partial charge in [0.25, 0.3) is 0 Å². The zero-order valence-electron chi connectivity index (χ0n) is 11.6. The lowest BCUT2D eigenvalue weighted by Crippen LogP contribution is -2.31. The largest absolute Gasteiger partial charge is 0.340 e. The van der Waals surface area contributed by atoms with Crippen molar-refractivity contribution in [3.05, 3.63) is 46.5 Å². The van der Waals surface area contributed by atoms with Crippen molar-refractivity contribution in [2.75, 3.05) is 6.54 Å². The average Bonchev–Trinajstić information content (AvgIpc) is 3.05. The van der Waals surface area contributed by atoms with E-state index in [1.807, 2.05) is 6.20 Å². The molecule has 5 heteroatoms. The summed E-state index contributed by atoms with van der Waals surface area (Å²) in [6, 6.07) is 4.35. The Morgan fingerprint density at radius 1 is 1.20 bits per heavy atom. The fraction of sp³-hybridized carbons (Fsp3) is 0.333. The molecule has 0 bridgehead atoms. The van der Waals surface area contributed by atoms with Gasteiger partial charge in [-0.1, -0.05) is 0 Å². The van der Waals surface area contributed by atoms with Crippen LogP contribution in [0.25, 0.3) is 11.0 Å². The van der Waals surface area contributed by atoms with Crippen molar-refractivity contribution in [3.8, 4) is 0 Å². The molecule has 4 rings (SSSR count). The molecule has 1 aliphatic heterocycles. The lowest BCUT2D eigenvalue weighted by Gasteiger charge is -2.20. The molecule has 0 saturated heterocycles. The number of aromatic nitrogens is 4. The first-order valence-electron chi connectivity index (χ1n) is 6.95. The molecule has 1 aliphatic rings. The van der Waals surface area contributed by atoms with Crippen LogP contribution in [0.4, 0.5) is 0 Å². The molecule has 0 fully saturated rings. The quantitative estimate of drug-likeness (QED) is 0.632. The van der Waals surface area contributed by atoms with Gasteiger partial charge >= 0.3 is 0 Å². The number of nitrogens with one attached hydrogen (secondary N) is 3. The Balaban J connectivity index is 1.84. The van der Waals surface area contributed by atoms with Gasteiger partial charge in [0, 0.05) is 12.7 Å². The van der Waals surface area contributed by atoms with Crippen molar-refractivity contribution in [3.63, 3.8) is 0 Å². The highest BCUT2D eigenvalue weighted by molar-refractivity contribution is 5.77. The molecule has 3 N–H and O–H groups in total. The van der Waals surface area contributed by atoms with Gasteiger partial charge in [0.1, 0.15) is 11.9 Å². The molecule has 2 aromatic heterocycles. The summed E-state index contributed by atoms with van der Waals surface area (Å²) >= 11 is 0. The van der Waals surface area contributed by atoms with Crippen LogP contribution >= 0.6 is 0 Å². The number of H-pyrrole nitrogens is 2. The van der Waals surface area contributed by atoms with Gasteiger partial charge in [0.15, 0.2) is 0 Å². The summed E-state index contributed by atoms with van der Waals surface area (Å²) in [6.07, 6.45) is 3.00. The van der Waals surface area contributed by atoms with Crippen molar-refractivity contribution in [2.45, 2.75) is 26.3 Å². The molecule has 1 aromatic carbocycles. The van der Waals surface area contributed by atoms with E-state index in [0.717, 1.165) is 35.5 Å². The highest BCUT2D eigenvalue weighted by atomic mass is 15.2. The highest BCUT2D eigenvalue weighted by Crippen LogP contribution is 2.27. The van der Waals surface area contributed by atoms with Crippen LogP contribution in [0, 0.1) is 13.8 Å². The van der Waals surface area contributed by atoms with E-state index in [0.29, 0.717) is 0 Å². The van der Waals surface area contributed by atoms with Crippen LogP contribution in [0.3, 0.4) is 0 Å². The van der Waals surface area contributed by atoms with E-state index in [4.69, 9.17) is 4.98 Å². The maximum absolute atomic E-state index is 4.74. The number of hydrogen-bond donors (Lipinski definition) is 3. The first-order valence-corrected chi connectivity index (χ1v) is 6.95. The standard InChI is InChI=1S/C15H17N5/c1-8-5-11-12(6-9(8)2)19-15(18-11)14-13-10(3-4-16-14)7-17-20-13/h5-7,14,16H,3-4H2,1-2H3,(H,17,20)(H,18,19). The maximum Gasteiger partial charge on any atom is 0.130 e. The van der Waals surface area contributed by atoms with Gasteiger partial charge in [-0.3, -0.25) is 5.10 Å². The molecule has 102 valence electrons. The van der Waals surface area contributed by atoms with Crippen LogP contribution in [0.15, 0.2) is 18.3 Å². The smallest absolute Gasteiger partial charge is 0.130 e. The van der Waals surface area contributed by atoms with E-state index in [1.54, 1.807) is 0 Å². The zero-order chi connectivity index (χ0) is 13.7. The summed E-state index contributed by atoms with van der Waals surface area (Å²) in [5.41, 5.74) is 7.00. The lowest BCUT2D eigenvalue weighted by molar-refractivity contribution is 0.538. The van der Waals surface area contributed by atoms with Crippen LogP contribution < -0.4 is 5.32 Å². The Morgan fingerprint density at radius 3 is 2.95 bits per heavy atom. The number of nitrogens with zero attached hydrogens (tertiary/aromatic N) is 2. The van der Waals surface area contributed by atoms with Crippen molar-refractivity contribution < 1.29 is 0 Å². The summed E-state index contributed by atoms with van der Waals surface area (Å²) < 4.78 is 0. The molecule has 3 heterocycles. The van der Waals surface area contributed by atoms with E-state index >= 15 is 0 Å². The first-order chi connectivity index (χ1) is 9.72. The van der Waals surface area contributed by atoms with Gasteiger partial charge in [0.05, 0.1) is 16.7 Å². The molecule has 0 spiro atoms. The molecule has 0 saturated carbocycles. The van der Waals surface area contributed by atoms with Gasteiger partial charge < -0.3 is 10.3 Å². The SMILES string of the molecule is Cc1cc2nc(C3NCCc4c[nH]nc43)[nH]c2cc1C. The van der Waals surface area contributed by atoms with E-state index < -0.39 is 0 Å². The molecule has 0 aliphatic carbocycles. The van der Waals surface area contributed by atoms with Gasteiger partial charge in [-0.25, -0.2) is 4.98 Å². The number of aromatic amines is 2. The number of rotatable bonds is 1.